The van der Waals surface area contributed by atoms with Gasteiger partial charge in [-0.15, -0.1) is 0 Å². The number of hydrogen-bond donors (Lipinski definition) is 1. The fourth-order valence-corrected chi connectivity index (χ4v) is 4.61. The van der Waals surface area contributed by atoms with Gasteiger partial charge in [-0.25, -0.2) is 0 Å². The van der Waals surface area contributed by atoms with Gasteiger partial charge in [0.05, 0.1) is 6.10 Å². The molecule has 3 aliphatic rings. The molecule has 2 atom stereocenters. The van der Waals surface area contributed by atoms with E-state index in [9.17, 15) is 0 Å². The van der Waals surface area contributed by atoms with Gasteiger partial charge in [-0.1, -0.05) is 37.8 Å². The summed E-state index contributed by atoms with van der Waals surface area (Å²) < 4.78 is 5.89. The van der Waals surface area contributed by atoms with Crippen molar-refractivity contribution in [3.05, 3.63) is 12.2 Å². The first kappa shape index (κ1) is 18.2. The van der Waals surface area contributed by atoms with Crippen molar-refractivity contribution in [2.75, 3.05) is 19.7 Å². The molecule has 0 aromatic carbocycles. The van der Waals surface area contributed by atoms with Crippen molar-refractivity contribution in [3.63, 3.8) is 0 Å². The van der Waals surface area contributed by atoms with E-state index in [0.29, 0.717) is 12.1 Å². The molecule has 136 valence electrons. The van der Waals surface area contributed by atoms with Crippen molar-refractivity contribution in [1.29, 1.82) is 0 Å². The highest BCUT2D eigenvalue weighted by atomic mass is 32.1. The Balaban J connectivity index is 1.56. The van der Waals surface area contributed by atoms with E-state index in [1.54, 1.807) is 0 Å². The molecule has 0 unspecified atom stereocenters. The van der Waals surface area contributed by atoms with Crippen LogP contribution in [0.2, 0.25) is 0 Å². The minimum absolute atomic E-state index is 0.373. The Morgan fingerprint density at radius 3 is 2.50 bits per heavy atom. The Kier molecular flexibility index (Phi) is 7.40. The van der Waals surface area contributed by atoms with Crippen molar-refractivity contribution >= 4 is 17.3 Å². The average Bonchev–Trinajstić information content (AvgIpc) is 2.98. The summed E-state index contributed by atoms with van der Waals surface area (Å²) >= 11 is 5.84. The van der Waals surface area contributed by atoms with Gasteiger partial charge >= 0.3 is 0 Å². The molecule has 4 heteroatoms. The lowest BCUT2D eigenvalue weighted by atomic mass is 9.94. The summed E-state index contributed by atoms with van der Waals surface area (Å²) in [5, 5.41) is 4.68. The number of ether oxygens (including phenoxy) is 1. The van der Waals surface area contributed by atoms with Crippen molar-refractivity contribution in [3.8, 4) is 0 Å². The van der Waals surface area contributed by atoms with Crippen LogP contribution in [0.15, 0.2) is 12.2 Å². The van der Waals surface area contributed by atoms with Crippen LogP contribution in [0.3, 0.4) is 0 Å². The summed E-state index contributed by atoms with van der Waals surface area (Å²) in [5.74, 6) is 0.741. The topological polar surface area (TPSA) is 24.5 Å². The van der Waals surface area contributed by atoms with E-state index >= 15 is 0 Å². The molecule has 2 aliphatic carbocycles. The van der Waals surface area contributed by atoms with Crippen LogP contribution in [0.4, 0.5) is 0 Å². The van der Waals surface area contributed by atoms with Gasteiger partial charge in [0.25, 0.3) is 0 Å². The summed E-state index contributed by atoms with van der Waals surface area (Å²) in [6.45, 7) is 2.98. The summed E-state index contributed by atoms with van der Waals surface area (Å²) in [5.41, 5.74) is 0. The quantitative estimate of drug-likeness (QED) is 0.451. The van der Waals surface area contributed by atoms with E-state index in [-0.39, 0.29) is 0 Å². The molecular weight excluding hydrogens is 316 g/mol. The second-order valence-electron chi connectivity index (χ2n) is 7.83. The van der Waals surface area contributed by atoms with Gasteiger partial charge in [0.15, 0.2) is 5.11 Å². The average molecular weight is 351 g/mol. The molecule has 24 heavy (non-hydrogen) atoms. The lowest BCUT2D eigenvalue weighted by Crippen LogP contribution is -2.48. The zero-order valence-electron chi connectivity index (χ0n) is 15.0. The second kappa shape index (κ2) is 9.76. The zero-order chi connectivity index (χ0) is 16.6. The van der Waals surface area contributed by atoms with Gasteiger partial charge in [-0.2, -0.15) is 0 Å². The first-order chi connectivity index (χ1) is 11.8. The van der Waals surface area contributed by atoms with E-state index in [2.05, 4.69) is 22.4 Å². The van der Waals surface area contributed by atoms with E-state index in [0.717, 1.165) is 30.7 Å². The lowest BCUT2D eigenvalue weighted by Gasteiger charge is -2.34. The normalized spacial score (nSPS) is 28.5. The molecule has 0 radical (unpaired) electrons. The second-order valence-corrected chi connectivity index (χ2v) is 8.22. The Labute approximate surface area is 153 Å². The molecule has 3 rings (SSSR count). The molecule has 2 fully saturated rings. The van der Waals surface area contributed by atoms with Gasteiger partial charge in [0, 0.05) is 25.7 Å². The Morgan fingerprint density at radius 1 is 1.00 bits per heavy atom. The highest BCUT2D eigenvalue weighted by molar-refractivity contribution is 7.80. The lowest BCUT2D eigenvalue weighted by molar-refractivity contribution is 0.0871. The van der Waals surface area contributed by atoms with E-state index < -0.39 is 0 Å². The van der Waals surface area contributed by atoms with Gasteiger partial charge < -0.3 is 15.0 Å². The first-order valence-electron chi connectivity index (χ1n) is 10.1. The Hall–Kier alpha value is -0.610. The number of thiocarbonyl (C=S) groups is 1. The molecule has 0 aromatic rings. The van der Waals surface area contributed by atoms with Gasteiger partial charge in [0.1, 0.15) is 0 Å². The number of nitrogens with zero attached hydrogens (tertiary/aromatic N) is 1. The molecule has 0 spiro atoms. The van der Waals surface area contributed by atoms with Crippen molar-refractivity contribution in [2.24, 2.45) is 5.92 Å². The number of rotatable bonds is 5. The smallest absolute Gasteiger partial charge is 0.169 e. The van der Waals surface area contributed by atoms with E-state index in [1.165, 1.54) is 70.6 Å². The number of hydrogen-bond acceptors (Lipinski definition) is 2. The van der Waals surface area contributed by atoms with E-state index in [1.807, 2.05) is 0 Å². The monoisotopic (exact) mass is 350 g/mol. The predicted molar refractivity (Wildman–Crippen MR) is 104 cm³/mol. The number of nitrogens with one attached hydrogen (secondary N) is 1. The maximum Gasteiger partial charge on any atom is 0.169 e. The maximum atomic E-state index is 5.89. The molecule has 1 saturated carbocycles. The molecule has 0 bridgehead atoms. The van der Waals surface area contributed by atoms with Gasteiger partial charge in [0.2, 0.25) is 0 Å². The third-order valence-corrected chi connectivity index (χ3v) is 6.15. The van der Waals surface area contributed by atoms with Crippen molar-refractivity contribution < 1.29 is 4.74 Å². The maximum absolute atomic E-state index is 5.89. The molecule has 0 aromatic heterocycles. The van der Waals surface area contributed by atoms with Crippen LogP contribution < -0.4 is 5.32 Å². The molecule has 1 saturated heterocycles. The predicted octanol–water partition coefficient (Wildman–Crippen LogP) is 4.42. The zero-order valence-corrected chi connectivity index (χ0v) is 15.9. The Bertz CT molecular complexity index is 412. The van der Waals surface area contributed by atoms with Crippen LogP contribution in [0.1, 0.15) is 70.6 Å². The minimum atomic E-state index is 0.373. The fourth-order valence-electron chi connectivity index (χ4n) is 4.30. The highest BCUT2D eigenvalue weighted by Gasteiger charge is 2.25. The van der Waals surface area contributed by atoms with Crippen LogP contribution in [0.5, 0.6) is 0 Å². The molecule has 0 amide bonds. The van der Waals surface area contributed by atoms with Crippen LogP contribution in [-0.2, 0) is 4.74 Å². The van der Waals surface area contributed by atoms with Crippen LogP contribution >= 0.6 is 12.2 Å². The number of allylic oxidation sites excluding steroid dienone is 2. The first-order valence-corrected chi connectivity index (χ1v) is 10.5. The fraction of sp³-hybridized carbons (Fsp3) is 0.850. The standard InChI is InChI=1S/C20H34N2OS/c24-20(21-18-11-6-1-2-7-12-18)22(16-19-13-8-14-23-19)15-17-9-4-3-5-10-17/h3-4,17-19H,1-2,5-16H2,(H,21,24)/t17-,19-/m1/s1. The summed E-state index contributed by atoms with van der Waals surface area (Å²) in [4.78, 5) is 2.43. The van der Waals surface area contributed by atoms with Crippen LogP contribution in [0.25, 0.3) is 0 Å². The molecule has 3 nitrogen and oxygen atoms in total. The van der Waals surface area contributed by atoms with Crippen LogP contribution in [-0.4, -0.2) is 41.9 Å². The van der Waals surface area contributed by atoms with Crippen LogP contribution in [0, 0.1) is 5.92 Å². The third-order valence-electron chi connectivity index (χ3n) is 5.77. The highest BCUT2D eigenvalue weighted by Crippen LogP contribution is 2.22. The molecule has 1 N–H and O–H groups in total. The minimum Gasteiger partial charge on any atom is -0.376 e. The van der Waals surface area contributed by atoms with E-state index in [4.69, 9.17) is 17.0 Å². The van der Waals surface area contributed by atoms with Crippen molar-refractivity contribution in [1.82, 2.24) is 10.2 Å². The molecule has 1 aliphatic heterocycles. The van der Waals surface area contributed by atoms with Gasteiger partial charge in [-0.05, 0) is 63.1 Å². The largest absolute Gasteiger partial charge is 0.376 e. The van der Waals surface area contributed by atoms with Gasteiger partial charge in [-0.3, -0.25) is 0 Å². The molecule has 1 heterocycles. The Morgan fingerprint density at radius 2 is 1.83 bits per heavy atom. The molecular formula is C20H34N2OS. The van der Waals surface area contributed by atoms with Crippen molar-refractivity contribution in [2.45, 2.75) is 82.8 Å². The summed E-state index contributed by atoms with van der Waals surface area (Å²) in [6.07, 6.45) is 19.2. The SMILES string of the molecule is S=C(NC1CCCCCC1)N(C[C@@H]1CC=CCC1)C[C@H]1CCCO1. The summed E-state index contributed by atoms with van der Waals surface area (Å²) in [7, 11) is 0. The summed E-state index contributed by atoms with van der Waals surface area (Å²) in [6, 6.07) is 0.582. The third kappa shape index (κ3) is 5.73.